The second-order valence-electron chi connectivity index (χ2n) is 3.00. The molecule has 2 N–H and O–H groups in total. The van der Waals surface area contributed by atoms with Gasteiger partial charge in [0, 0.05) is 12.4 Å². The zero-order chi connectivity index (χ0) is 9.80. The molecule has 0 saturated heterocycles. The smallest absolute Gasteiger partial charge is 0.208 e. The number of aromatic nitrogens is 3. The second kappa shape index (κ2) is 4.06. The number of nitrogens with zero attached hydrogens (tertiary/aromatic N) is 2. The molecule has 0 atom stereocenters. The van der Waals surface area contributed by atoms with Crippen LogP contribution in [0.4, 0.5) is 0 Å². The predicted octanol–water partition coefficient (Wildman–Crippen LogP) is 0.996. The van der Waals surface area contributed by atoms with E-state index in [1.165, 1.54) is 0 Å². The third-order valence-electron chi connectivity index (χ3n) is 1.79. The normalized spacial score (nSPS) is 10.6. The molecule has 0 aliphatic heterocycles. The highest BCUT2D eigenvalue weighted by Crippen LogP contribution is 2.00. The van der Waals surface area contributed by atoms with Crippen molar-refractivity contribution in [1.82, 2.24) is 20.3 Å². The van der Waals surface area contributed by atoms with Crippen molar-refractivity contribution in [1.29, 1.82) is 0 Å². The lowest BCUT2D eigenvalue weighted by atomic mass is 10.5. The molecule has 0 unspecified atom stereocenters. The van der Waals surface area contributed by atoms with E-state index in [0.29, 0.717) is 19.0 Å². The van der Waals surface area contributed by atoms with Gasteiger partial charge in [0.15, 0.2) is 0 Å². The molecule has 0 amide bonds. The summed E-state index contributed by atoms with van der Waals surface area (Å²) >= 11 is 0. The van der Waals surface area contributed by atoms with Gasteiger partial charge in [0.2, 0.25) is 5.89 Å². The number of nitrogens with one attached hydrogen (secondary N) is 2. The van der Waals surface area contributed by atoms with Gasteiger partial charge in [0.05, 0.1) is 19.3 Å². The Morgan fingerprint density at radius 2 is 2.36 bits per heavy atom. The summed E-state index contributed by atoms with van der Waals surface area (Å²) in [5.41, 5.74) is 0. The van der Waals surface area contributed by atoms with Crippen molar-refractivity contribution in [2.75, 3.05) is 0 Å². The van der Waals surface area contributed by atoms with Crippen LogP contribution in [0.2, 0.25) is 0 Å². The summed E-state index contributed by atoms with van der Waals surface area (Å²) in [5, 5.41) is 3.17. The molecule has 0 aliphatic rings. The number of hydrogen-bond acceptors (Lipinski definition) is 4. The maximum absolute atomic E-state index is 5.30. The Bertz CT molecular complexity index is 379. The first-order chi connectivity index (χ1) is 6.84. The molecule has 14 heavy (non-hydrogen) atoms. The van der Waals surface area contributed by atoms with Gasteiger partial charge in [0.25, 0.3) is 0 Å². The van der Waals surface area contributed by atoms with Crippen LogP contribution in [0.25, 0.3) is 0 Å². The standard InChI is InChI=1S/C9H12N4O/c1-7-4-13-9(14-7)6-10-5-8-11-2-3-12-8/h2-4,10H,5-6H2,1H3,(H,11,12). The first-order valence-corrected chi connectivity index (χ1v) is 4.45. The van der Waals surface area contributed by atoms with E-state index < -0.39 is 0 Å². The Morgan fingerprint density at radius 1 is 1.43 bits per heavy atom. The molecule has 0 spiro atoms. The van der Waals surface area contributed by atoms with Crippen molar-refractivity contribution < 1.29 is 4.42 Å². The average Bonchev–Trinajstić information content (AvgIpc) is 2.77. The molecule has 2 aromatic heterocycles. The van der Waals surface area contributed by atoms with Crippen LogP contribution >= 0.6 is 0 Å². The first kappa shape index (κ1) is 8.96. The van der Waals surface area contributed by atoms with Crippen molar-refractivity contribution in [3.63, 3.8) is 0 Å². The highest BCUT2D eigenvalue weighted by molar-refractivity contribution is 4.91. The monoisotopic (exact) mass is 192 g/mol. The summed E-state index contributed by atoms with van der Waals surface area (Å²) in [6, 6.07) is 0. The summed E-state index contributed by atoms with van der Waals surface area (Å²) in [6.07, 6.45) is 5.24. The molecule has 5 heteroatoms. The third kappa shape index (κ3) is 2.20. The fourth-order valence-corrected chi connectivity index (χ4v) is 1.17. The highest BCUT2D eigenvalue weighted by Gasteiger charge is 2.00. The molecule has 2 heterocycles. The van der Waals surface area contributed by atoms with Gasteiger partial charge in [-0.2, -0.15) is 0 Å². The van der Waals surface area contributed by atoms with Crippen molar-refractivity contribution in [2.45, 2.75) is 20.0 Å². The van der Waals surface area contributed by atoms with E-state index in [2.05, 4.69) is 20.3 Å². The van der Waals surface area contributed by atoms with Gasteiger partial charge in [-0.05, 0) is 6.92 Å². The molecule has 2 rings (SSSR count). The Labute approximate surface area is 81.6 Å². The van der Waals surface area contributed by atoms with E-state index in [-0.39, 0.29) is 0 Å². The van der Waals surface area contributed by atoms with Crippen LogP contribution in [0.3, 0.4) is 0 Å². The number of imidazole rings is 1. The Kier molecular flexibility index (Phi) is 2.60. The largest absolute Gasteiger partial charge is 0.445 e. The average molecular weight is 192 g/mol. The van der Waals surface area contributed by atoms with Gasteiger partial charge < -0.3 is 14.7 Å². The van der Waals surface area contributed by atoms with E-state index in [0.717, 1.165) is 11.6 Å². The van der Waals surface area contributed by atoms with Crippen LogP contribution in [0.15, 0.2) is 23.0 Å². The Hall–Kier alpha value is -1.62. The fourth-order valence-electron chi connectivity index (χ4n) is 1.17. The van der Waals surface area contributed by atoms with Crippen molar-refractivity contribution in [3.05, 3.63) is 36.1 Å². The van der Waals surface area contributed by atoms with Crippen LogP contribution < -0.4 is 5.32 Å². The van der Waals surface area contributed by atoms with Crippen LogP contribution in [0.1, 0.15) is 17.5 Å². The number of aryl methyl sites for hydroxylation is 1. The molecule has 0 aromatic carbocycles. The quantitative estimate of drug-likeness (QED) is 0.758. The summed E-state index contributed by atoms with van der Waals surface area (Å²) in [6.45, 7) is 3.19. The summed E-state index contributed by atoms with van der Waals surface area (Å²) in [5.74, 6) is 2.45. The van der Waals surface area contributed by atoms with Gasteiger partial charge >= 0.3 is 0 Å². The van der Waals surface area contributed by atoms with Gasteiger partial charge in [-0.1, -0.05) is 0 Å². The third-order valence-corrected chi connectivity index (χ3v) is 1.79. The maximum Gasteiger partial charge on any atom is 0.208 e. The zero-order valence-electron chi connectivity index (χ0n) is 7.95. The second-order valence-corrected chi connectivity index (χ2v) is 3.00. The topological polar surface area (TPSA) is 66.7 Å². The molecule has 2 aromatic rings. The van der Waals surface area contributed by atoms with E-state index in [1.807, 2.05) is 6.92 Å². The lowest BCUT2D eigenvalue weighted by molar-refractivity contribution is 0.447. The van der Waals surface area contributed by atoms with E-state index in [9.17, 15) is 0 Å². The van der Waals surface area contributed by atoms with Crippen molar-refractivity contribution in [2.24, 2.45) is 0 Å². The molecular weight excluding hydrogens is 180 g/mol. The number of aromatic amines is 1. The Balaban J connectivity index is 1.78. The molecule has 0 aliphatic carbocycles. The lowest BCUT2D eigenvalue weighted by Crippen LogP contribution is -2.13. The van der Waals surface area contributed by atoms with Crippen molar-refractivity contribution in [3.8, 4) is 0 Å². The van der Waals surface area contributed by atoms with Crippen LogP contribution in [-0.4, -0.2) is 15.0 Å². The molecule has 0 radical (unpaired) electrons. The summed E-state index contributed by atoms with van der Waals surface area (Å²) < 4.78 is 5.30. The van der Waals surface area contributed by atoms with Crippen LogP contribution in [0, 0.1) is 6.92 Å². The van der Waals surface area contributed by atoms with Gasteiger partial charge in [0.1, 0.15) is 11.6 Å². The van der Waals surface area contributed by atoms with E-state index in [1.54, 1.807) is 18.6 Å². The highest BCUT2D eigenvalue weighted by atomic mass is 16.4. The van der Waals surface area contributed by atoms with Gasteiger partial charge in [-0.3, -0.25) is 0 Å². The van der Waals surface area contributed by atoms with E-state index in [4.69, 9.17) is 4.42 Å². The van der Waals surface area contributed by atoms with Gasteiger partial charge in [-0.25, -0.2) is 9.97 Å². The minimum Gasteiger partial charge on any atom is -0.445 e. The molecule has 0 bridgehead atoms. The van der Waals surface area contributed by atoms with Gasteiger partial charge in [-0.15, -0.1) is 0 Å². The predicted molar refractivity (Wildman–Crippen MR) is 50.4 cm³/mol. The summed E-state index contributed by atoms with van der Waals surface area (Å²) in [4.78, 5) is 11.2. The minimum absolute atomic E-state index is 0.620. The molecule has 0 saturated carbocycles. The number of H-pyrrole nitrogens is 1. The number of rotatable bonds is 4. The number of oxazole rings is 1. The fraction of sp³-hybridized carbons (Fsp3) is 0.333. The van der Waals surface area contributed by atoms with E-state index >= 15 is 0 Å². The molecule has 0 fully saturated rings. The van der Waals surface area contributed by atoms with Crippen LogP contribution in [-0.2, 0) is 13.1 Å². The molecule has 74 valence electrons. The minimum atomic E-state index is 0.620. The summed E-state index contributed by atoms with van der Waals surface area (Å²) in [7, 11) is 0. The lowest BCUT2D eigenvalue weighted by Gasteiger charge is -1.97. The Morgan fingerprint density at radius 3 is 3.00 bits per heavy atom. The molecule has 5 nitrogen and oxygen atoms in total. The first-order valence-electron chi connectivity index (χ1n) is 4.45. The number of hydrogen-bond donors (Lipinski definition) is 2. The van der Waals surface area contributed by atoms with Crippen LogP contribution in [0.5, 0.6) is 0 Å². The SMILES string of the molecule is Cc1cnc(CNCc2ncc[nH]2)o1. The molecular formula is C9H12N4O. The maximum atomic E-state index is 5.30. The van der Waals surface area contributed by atoms with Crippen molar-refractivity contribution >= 4 is 0 Å². The zero-order valence-corrected chi connectivity index (χ0v) is 7.95.